The molecule has 7 heteroatoms. The number of halogens is 4. The van der Waals surface area contributed by atoms with E-state index in [-0.39, 0.29) is 0 Å². The largest absolute Gasteiger partial charge is 0.673 e. The Balaban J connectivity index is 0. The molecule has 0 aliphatic rings. The van der Waals surface area contributed by atoms with Crippen molar-refractivity contribution in [3.63, 3.8) is 0 Å². The van der Waals surface area contributed by atoms with Gasteiger partial charge in [0, 0.05) is 6.08 Å². The highest BCUT2D eigenvalue weighted by molar-refractivity contribution is 6.50. The normalized spacial score (nSPS) is 9.20. The van der Waals surface area contributed by atoms with Crippen molar-refractivity contribution >= 4 is 13.2 Å². The van der Waals surface area contributed by atoms with Crippen LogP contribution in [0.4, 0.5) is 17.3 Å². The summed E-state index contributed by atoms with van der Waals surface area (Å²) >= 11 is 0. The van der Waals surface area contributed by atoms with E-state index in [4.69, 9.17) is 5.11 Å². The molecule has 0 saturated heterocycles. The number of carboxylic acids is 1. The Bertz CT molecular complexity index is 114. The van der Waals surface area contributed by atoms with Gasteiger partial charge >= 0.3 is 13.2 Å². The fraction of sp³-hybridized carbons (Fsp3) is 0. The van der Waals surface area contributed by atoms with Crippen molar-refractivity contribution in [2.75, 3.05) is 0 Å². The summed E-state index contributed by atoms with van der Waals surface area (Å²) in [6.45, 7) is 2.96. The molecule has 0 aromatic rings. The highest BCUT2D eigenvalue weighted by atomic mass is 19.5. The fourth-order valence-corrected chi connectivity index (χ4v) is 0. The monoisotopic (exact) mass is 159 g/mol. The van der Waals surface area contributed by atoms with E-state index in [0.29, 0.717) is 0 Å². The van der Waals surface area contributed by atoms with Crippen LogP contribution in [0.1, 0.15) is 0 Å². The number of carboxylic acid groups (broad SMARTS) is 1. The smallest absolute Gasteiger partial charge is 0.478 e. The molecule has 2 nitrogen and oxygen atoms in total. The third-order valence-corrected chi connectivity index (χ3v) is 0.175. The minimum Gasteiger partial charge on any atom is -0.478 e. The summed E-state index contributed by atoms with van der Waals surface area (Å²) in [5, 5.41) is 7.60. The molecule has 0 amide bonds. The van der Waals surface area contributed by atoms with Gasteiger partial charge in [0.05, 0.1) is 0 Å². The summed E-state index contributed by atoms with van der Waals surface area (Å²) < 4.78 is 39.0. The van der Waals surface area contributed by atoms with Crippen LogP contribution >= 0.6 is 0 Å². The second kappa shape index (κ2) is 4.83. The maximum atomic E-state index is 9.75. The van der Waals surface area contributed by atoms with E-state index >= 15 is 0 Å². The van der Waals surface area contributed by atoms with Crippen LogP contribution in [-0.4, -0.2) is 18.3 Å². The first-order valence-electron chi connectivity index (χ1n) is 2.00. The number of aliphatic carboxylic acids is 1. The third-order valence-electron chi connectivity index (χ3n) is 0.175. The Morgan fingerprint density at radius 3 is 1.50 bits per heavy atom. The van der Waals surface area contributed by atoms with E-state index in [1.807, 2.05) is 0 Å². The number of rotatable bonds is 1. The number of hydrogen-bond donors (Lipinski definition) is 1. The van der Waals surface area contributed by atoms with Crippen molar-refractivity contribution in [3.8, 4) is 0 Å². The van der Waals surface area contributed by atoms with Crippen molar-refractivity contribution < 1.29 is 27.2 Å². The molecule has 0 bridgehead atoms. The molecule has 1 N–H and O–H groups in total. The van der Waals surface area contributed by atoms with Crippen molar-refractivity contribution in [1.29, 1.82) is 0 Å². The fourth-order valence-electron chi connectivity index (χ4n) is 0. The first-order chi connectivity index (χ1) is 4.27. The van der Waals surface area contributed by atoms with E-state index in [1.54, 1.807) is 0 Å². The average molecular weight is 159 g/mol. The summed E-state index contributed by atoms with van der Waals surface area (Å²) in [7, 11) is -6.00. The second-order valence-corrected chi connectivity index (χ2v) is 1.04. The zero-order valence-corrected chi connectivity index (χ0v) is 4.73. The predicted octanol–water partition coefficient (Wildman–Crippen LogP) is 1.56. The molecular weight excluding hydrogens is 155 g/mol. The van der Waals surface area contributed by atoms with E-state index in [1.165, 1.54) is 0 Å². The molecule has 0 unspecified atom stereocenters. The van der Waals surface area contributed by atoms with Gasteiger partial charge in [-0.05, 0) is 0 Å². The van der Waals surface area contributed by atoms with Gasteiger partial charge in [-0.3, -0.25) is 0 Å². The molecule has 0 spiro atoms. The van der Waals surface area contributed by atoms with Gasteiger partial charge in [0.25, 0.3) is 0 Å². The van der Waals surface area contributed by atoms with Crippen LogP contribution in [0, 0.1) is 0 Å². The Kier molecular flexibility index (Phi) is 5.68. The van der Waals surface area contributed by atoms with Crippen LogP contribution in [0.5, 0.6) is 0 Å². The summed E-state index contributed by atoms with van der Waals surface area (Å²) in [5.74, 6) is -0.981. The Morgan fingerprint density at radius 2 is 1.50 bits per heavy atom. The Morgan fingerprint density at radius 1 is 1.40 bits per heavy atom. The van der Waals surface area contributed by atoms with Crippen molar-refractivity contribution in [1.82, 2.24) is 0 Å². The summed E-state index contributed by atoms with van der Waals surface area (Å²) in [5.41, 5.74) is 0. The van der Waals surface area contributed by atoms with Gasteiger partial charge in [-0.25, -0.2) is 4.79 Å². The zero-order chi connectivity index (χ0) is 8.78. The van der Waals surface area contributed by atoms with E-state index in [0.717, 1.165) is 6.08 Å². The van der Waals surface area contributed by atoms with Gasteiger partial charge in [0.15, 0.2) is 0 Å². The Labute approximate surface area is 54.3 Å². The summed E-state index contributed by atoms with van der Waals surface area (Å²) in [4.78, 5) is 9.25. The van der Waals surface area contributed by atoms with Crippen LogP contribution in [0.2, 0.25) is 0 Å². The highest BCUT2D eigenvalue weighted by Crippen LogP contribution is 2.06. The molecule has 0 aliphatic heterocycles. The maximum Gasteiger partial charge on any atom is 0.673 e. The first-order valence-corrected chi connectivity index (χ1v) is 2.00. The van der Waals surface area contributed by atoms with Crippen molar-refractivity contribution in [3.05, 3.63) is 12.7 Å². The number of carbonyl (C=O) groups is 1. The van der Waals surface area contributed by atoms with Crippen molar-refractivity contribution in [2.24, 2.45) is 0 Å². The van der Waals surface area contributed by atoms with Gasteiger partial charge in [-0.2, -0.15) is 0 Å². The number of hydrogen-bond acceptors (Lipinski definition) is 1. The van der Waals surface area contributed by atoms with Gasteiger partial charge in [-0.15, -0.1) is 0 Å². The molecule has 10 heavy (non-hydrogen) atoms. The molecule has 0 fully saturated rings. The minimum atomic E-state index is -6.00. The highest BCUT2D eigenvalue weighted by Gasteiger charge is 2.20. The molecule has 0 rings (SSSR count). The molecule has 0 saturated carbocycles. The van der Waals surface area contributed by atoms with Crippen LogP contribution in [0.3, 0.4) is 0 Å². The summed E-state index contributed by atoms with van der Waals surface area (Å²) in [6.07, 6.45) is 0.833. The Hall–Kier alpha value is -1.01. The quantitative estimate of drug-likeness (QED) is 0.358. The lowest BCUT2D eigenvalue weighted by Gasteiger charge is -1.94. The zero-order valence-electron chi connectivity index (χ0n) is 4.73. The molecule has 0 heterocycles. The lowest BCUT2D eigenvalue weighted by molar-refractivity contribution is -0.131. The second-order valence-electron chi connectivity index (χ2n) is 1.04. The lowest BCUT2D eigenvalue weighted by atomic mass is 10.3. The lowest BCUT2D eigenvalue weighted by Crippen LogP contribution is -2.02. The van der Waals surface area contributed by atoms with E-state index in [9.17, 15) is 22.1 Å². The SMILES string of the molecule is C=CC(=O)O.F[B-](F)(F)F. The van der Waals surface area contributed by atoms with E-state index in [2.05, 4.69) is 6.58 Å². The molecule has 0 radical (unpaired) electrons. The topological polar surface area (TPSA) is 37.3 Å². The maximum absolute atomic E-state index is 9.75. The summed E-state index contributed by atoms with van der Waals surface area (Å²) in [6, 6.07) is 0. The molecule has 0 atom stereocenters. The van der Waals surface area contributed by atoms with Crippen LogP contribution in [0.15, 0.2) is 12.7 Å². The molecule has 0 aliphatic carbocycles. The predicted molar refractivity (Wildman–Crippen MR) is 28.0 cm³/mol. The molecule has 60 valence electrons. The van der Waals surface area contributed by atoms with Gasteiger partial charge in [0.2, 0.25) is 0 Å². The minimum absolute atomic E-state index is 0.833. The van der Waals surface area contributed by atoms with Gasteiger partial charge < -0.3 is 22.4 Å². The third kappa shape index (κ3) is 254. The first kappa shape index (κ1) is 11.8. The van der Waals surface area contributed by atoms with Crippen molar-refractivity contribution in [2.45, 2.75) is 0 Å². The standard InChI is InChI=1S/C3H4O2.BF4/c1-2-3(4)5;2-1(3,4)5/h2H,1H2,(H,4,5);/q;-1. The average Bonchev–Trinajstić information content (AvgIpc) is 1.61. The van der Waals surface area contributed by atoms with Crippen LogP contribution in [0.25, 0.3) is 0 Å². The van der Waals surface area contributed by atoms with Crippen LogP contribution < -0.4 is 0 Å². The molecule has 0 aromatic carbocycles. The van der Waals surface area contributed by atoms with Gasteiger partial charge in [0.1, 0.15) is 0 Å². The van der Waals surface area contributed by atoms with Crippen LogP contribution in [-0.2, 0) is 4.79 Å². The van der Waals surface area contributed by atoms with E-state index < -0.39 is 13.2 Å². The molecule has 0 aromatic heterocycles. The van der Waals surface area contributed by atoms with Gasteiger partial charge in [-0.1, -0.05) is 6.58 Å². The molecular formula is C3H4BF4O2-.